The molecule has 1 amide bonds. The highest BCUT2D eigenvalue weighted by molar-refractivity contribution is 5.85. The Morgan fingerprint density at radius 2 is 1.95 bits per heavy atom. The largest absolute Gasteiger partial charge is 0.355 e. The van der Waals surface area contributed by atoms with E-state index >= 15 is 0 Å². The lowest BCUT2D eigenvalue weighted by atomic mass is 10.0. The normalized spacial score (nSPS) is 16.1. The monoisotopic (exact) mass is 310 g/mol. The molecular formula is C17H27ClN2O. The summed E-state index contributed by atoms with van der Waals surface area (Å²) in [7, 11) is 0. The van der Waals surface area contributed by atoms with Gasteiger partial charge in [0.15, 0.2) is 0 Å². The second kappa shape index (κ2) is 9.80. The van der Waals surface area contributed by atoms with Gasteiger partial charge in [-0.2, -0.15) is 0 Å². The van der Waals surface area contributed by atoms with E-state index in [-0.39, 0.29) is 18.3 Å². The first-order chi connectivity index (χ1) is 9.81. The van der Waals surface area contributed by atoms with E-state index < -0.39 is 0 Å². The van der Waals surface area contributed by atoms with Gasteiger partial charge in [0.05, 0.1) is 0 Å². The van der Waals surface area contributed by atoms with Crippen LogP contribution in [-0.2, 0) is 11.2 Å². The van der Waals surface area contributed by atoms with Crippen LogP contribution < -0.4 is 11.1 Å². The Morgan fingerprint density at radius 3 is 2.76 bits per heavy atom. The van der Waals surface area contributed by atoms with Gasteiger partial charge in [-0.1, -0.05) is 37.1 Å². The molecule has 0 spiro atoms. The van der Waals surface area contributed by atoms with Gasteiger partial charge >= 0.3 is 0 Å². The Balaban J connectivity index is 0.00000220. The molecule has 0 aromatic heterocycles. The molecule has 21 heavy (non-hydrogen) atoms. The highest BCUT2D eigenvalue weighted by Crippen LogP contribution is 2.32. The van der Waals surface area contributed by atoms with Crippen LogP contribution in [0.3, 0.4) is 0 Å². The average molecular weight is 311 g/mol. The van der Waals surface area contributed by atoms with Gasteiger partial charge in [0.1, 0.15) is 0 Å². The Bertz CT molecular complexity index is 437. The smallest absolute Gasteiger partial charge is 0.220 e. The average Bonchev–Trinajstić information content (AvgIpc) is 2.88. The van der Waals surface area contributed by atoms with E-state index in [1.54, 1.807) is 0 Å². The Morgan fingerprint density at radius 1 is 1.19 bits per heavy atom. The molecule has 3 N–H and O–H groups in total. The van der Waals surface area contributed by atoms with E-state index in [2.05, 4.69) is 29.6 Å². The third-order valence-corrected chi connectivity index (χ3v) is 4.16. The van der Waals surface area contributed by atoms with Crippen LogP contribution >= 0.6 is 12.4 Å². The number of aryl methyl sites for hydroxylation is 1. The van der Waals surface area contributed by atoms with Crippen molar-refractivity contribution in [2.75, 3.05) is 13.1 Å². The number of hydrogen-bond acceptors (Lipinski definition) is 2. The van der Waals surface area contributed by atoms with Gasteiger partial charge in [0.2, 0.25) is 5.91 Å². The summed E-state index contributed by atoms with van der Waals surface area (Å²) in [6.07, 6.45) is 7.26. The standard InChI is InChI=1S/C17H26N2O.ClH/c18-12-6-2-1-3-9-17(20)19-13-15-11-10-14-7-4-5-8-16(14)15;/h4-5,7-8,15H,1-3,6,9-13,18H2,(H,19,20);1H. The number of carbonyl (C=O) groups is 1. The zero-order valence-corrected chi connectivity index (χ0v) is 13.5. The van der Waals surface area contributed by atoms with Gasteiger partial charge in [-0.15, -0.1) is 12.4 Å². The predicted molar refractivity (Wildman–Crippen MR) is 89.9 cm³/mol. The molecule has 0 radical (unpaired) electrons. The molecule has 1 aliphatic rings. The summed E-state index contributed by atoms with van der Waals surface area (Å²) in [6.45, 7) is 1.55. The first kappa shape index (κ1) is 18.0. The van der Waals surface area contributed by atoms with Crippen LogP contribution in [0.4, 0.5) is 0 Å². The number of hydrogen-bond donors (Lipinski definition) is 2. The molecule has 0 saturated heterocycles. The van der Waals surface area contributed by atoms with Crippen molar-refractivity contribution >= 4 is 18.3 Å². The minimum Gasteiger partial charge on any atom is -0.355 e. The second-order valence-corrected chi connectivity index (χ2v) is 5.69. The lowest BCUT2D eigenvalue weighted by Gasteiger charge is -2.12. The molecule has 0 aliphatic heterocycles. The summed E-state index contributed by atoms with van der Waals surface area (Å²) < 4.78 is 0. The maximum absolute atomic E-state index is 11.8. The summed E-state index contributed by atoms with van der Waals surface area (Å²) in [5, 5.41) is 3.09. The van der Waals surface area contributed by atoms with Gasteiger partial charge in [-0.05, 0) is 43.4 Å². The minimum absolute atomic E-state index is 0. The summed E-state index contributed by atoms with van der Waals surface area (Å²) in [6, 6.07) is 8.60. The number of carbonyl (C=O) groups excluding carboxylic acids is 1. The number of nitrogens with one attached hydrogen (secondary N) is 1. The quantitative estimate of drug-likeness (QED) is 0.725. The van der Waals surface area contributed by atoms with E-state index in [0.29, 0.717) is 12.3 Å². The molecule has 2 rings (SSSR count). The van der Waals surface area contributed by atoms with E-state index in [1.807, 2.05) is 0 Å². The second-order valence-electron chi connectivity index (χ2n) is 5.69. The number of rotatable bonds is 8. The van der Waals surface area contributed by atoms with Gasteiger partial charge in [-0.25, -0.2) is 0 Å². The molecule has 118 valence electrons. The van der Waals surface area contributed by atoms with E-state index in [0.717, 1.165) is 51.6 Å². The van der Waals surface area contributed by atoms with Crippen LogP contribution in [0, 0.1) is 0 Å². The molecular weight excluding hydrogens is 284 g/mol. The van der Waals surface area contributed by atoms with Crippen molar-refractivity contribution in [3.63, 3.8) is 0 Å². The SMILES string of the molecule is Cl.NCCCCCCC(=O)NCC1CCc2ccccc21. The van der Waals surface area contributed by atoms with Gasteiger partial charge in [0, 0.05) is 18.9 Å². The Kier molecular flexibility index (Phi) is 8.40. The van der Waals surface area contributed by atoms with Crippen molar-refractivity contribution in [3.05, 3.63) is 35.4 Å². The topological polar surface area (TPSA) is 55.1 Å². The Labute approximate surface area is 134 Å². The molecule has 0 bridgehead atoms. The van der Waals surface area contributed by atoms with Gasteiger partial charge in [-0.3, -0.25) is 4.79 Å². The fraction of sp³-hybridized carbons (Fsp3) is 0.588. The highest BCUT2D eigenvalue weighted by Gasteiger charge is 2.21. The Hall–Kier alpha value is -1.06. The minimum atomic E-state index is 0. The molecule has 1 aliphatic carbocycles. The highest BCUT2D eigenvalue weighted by atomic mass is 35.5. The zero-order chi connectivity index (χ0) is 14.2. The molecule has 4 heteroatoms. The number of halogens is 1. The maximum atomic E-state index is 11.8. The molecule has 0 fully saturated rings. The summed E-state index contributed by atoms with van der Waals surface area (Å²) in [4.78, 5) is 11.8. The molecule has 0 saturated carbocycles. The number of fused-ring (bicyclic) bond motifs is 1. The third-order valence-electron chi connectivity index (χ3n) is 4.16. The first-order valence-electron chi connectivity index (χ1n) is 7.86. The van der Waals surface area contributed by atoms with Gasteiger partial charge in [0.25, 0.3) is 0 Å². The summed E-state index contributed by atoms with van der Waals surface area (Å²) >= 11 is 0. The first-order valence-corrected chi connectivity index (χ1v) is 7.86. The lowest BCUT2D eigenvalue weighted by Crippen LogP contribution is -2.27. The van der Waals surface area contributed by atoms with Crippen molar-refractivity contribution < 1.29 is 4.79 Å². The van der Waals surface area contributed by atoms with Crippen molar-refractivity contribution in [2.24, 2.45) is 5.73 Å². The van der Waals surface area contributed by atoms with Crippen LogP contribution in [0.25, 0.3) is 0 Å². The van der Waals surface area contributed by atoms with E-state index in [9.17, 15) is 4.79 Å². The van der Waals surface area contributed by atoms with Crippen LogP contribution in [0.2, 0.25) is 0 Å². The molecule has 1 unspecified atom stereocenters. The maximum Gasteiger partial charge on any atom is 0.220 e. The summed E-state index contributed by atoms with van der Waals surface area (Å²) in [5.74, 6) is 0.703. The number of unbranched alkanes of at least 4 members (excludes halogenated alkanes) is 3. The van der Waals surface area contributed by atoms with E-state index in [1.165, 1.54) is 11.1 Å². The molecule has 0 heterocycles. The van der Waals surface area contributed by atoms with Crippen LogP contribution in [0.1, 0.15) is 55.6 Å². The summed E-state index contributed by atoms with van der Waals surface area (Å²) in [5.41, 5.74) is 8.33. The number of amides is 1. The van der Waals surface area contributed by atoms with Crippen molar-refractivity contribution in [2.45, 2.75) is 50.9 Å². The van der Waals surface area contributed by atoms with Crippen LogP contribution in [0.15, 0.2) is 24.3 Å². The van der Waals surface area contributed by atoms with Crippen LogP contribution in [-0.4, -0.2) is 19.0 Å². The third kappa shape index (κ3) is 5.68. The number of benzene rings is 1. The van der Waals surface area contributed by atoms with Crippen LogP contribution in [0.5, 0.6) is 0 Å². The zero-order valence-electron chi connectivity index (χ0n) is 12.6. The lowest BCUT2D eigenvalue weighted by molar-refractivity contribution is -0.121. The van der Waals surface area contributed by atoms with Gasteiger partial charge < -0.3 is 11.1 Å². The number of nitrogens with two attached hydrogens (primary N) is 1. The van der Waals surface area contributed by atoms with Crippen molar-refractivity contribution in [1.29, 1.82) is 0 Å². The van der Waals surface area contributed by atoms with E-state index in [4.69, 9.17) is 5.73 Å². The fourth-order valence-corrected chi connectivity index (χ4v) is 2.97. The fourth-order valence-electron chi connectivity index (χ4n) is 2.97. The van der Waals surface area contributed by atoms with Crippen molar-refractivity contribution in [1.82, 2.24) is 5.32 Å². The molecule has 1 aromatic carbocycles. The molecule has 1 aromatic rings. The van der Waals surface area contributed by atoms with Crippen molar-refractivity contribution in [3.8, 4) is 0 Å². The molecule has 3 nitrogen and oxygen atoms in total. The molecule has 1 atom stereocenters. The predicted octanol–water partition coefficient (Wildman–Crippen LogP) is 3.16.